The van der Waals surface area contributed by atoms with Gasteiger partial charge in [-0.15, -0.1) is 0 Å². The van der Waals surface area contributed by atoms with Crippen LogP contribution in [-0.4, -0.2) is 44.7 Å². The number of likely N-dealkylation sites (N-methyl/N-ethyl adjacent to an activating group) is 1. The molecular formula is C15H23FN2O. The van der Waals surface area contributed by atoms with Crippen molar-refractivity contribution < 1.29 is 9.13 Å². The normalized spacial score (nSPS) is 16.8. The van der Waals surface area contributed by atoms with Gasteiger partial charge in [-0.05, 0) is 57.1 Å². The molecule has 106 valence electrons. The van der Waals surface area contributed by atoms with Gasteiger partial charge in [-0.1, -0.05) is 6.07 Å². The van der Waals surface area contributed by atoms with Crippen molar-refractivity contribution in [3.63, 3.8) is 0 Å². The van der Waals surface area contributed by atoms with Crippen molar-refractivity contribution in [3.8, 4) is 5.75 Å². The molecule has 0 atom stereocenters. The molecule has 0 aliphatic carbocycles. The largest absolute Gasteiger partial charge is 0.494 e. The van der Waals surface area contributed by atoms with E-state index in [2.05, 4.69) is 17.3 Å². The van der Waals surface area contributed by atoms with Crippen molar-refractivity contribution in [1.82, 2.24) is 10.2 Å². The van der Waals surface area contributed by atoms with Crippen LogP contribution in [0.3, 0.4) is 0 Å². The summed E-state index contributed by atoms with van der Waals surface area (Å²) in [4.78, 5) is 2.39. The van der Waals surface area contributed by atoms with Crippen LogP contribution in [0.5, 0.6) is 5.75 Å². The maximum absolute atomic E-state index is 13.6. The molecule has 0 bridgehead atoms. The summed E-state index contributed by atoms with van der Waals surface area (Å²) in [5, 5.41) is 3.37. The summed E-state index contributed by atoms with van der Waals surface area (Å²) in [6.07, 6.45) is 3.28. The van der Waals surface area contributed by atoms with E-state index in [1.54, 1.807) is 12.1 Å². The van der Waals surface area contributed by atoms with E-state index < -0.39 is 0 Å². The second-order valence-corrected chi connectivity index (χ2v) is 5.18. The Bertz CT molecular complexity index is 405. The van der Waals surface area contributed by atoms with Crippen LogP contribution in [0.25, 0.3) is 0 Å². The van der Waals surface area contributed by atoms with Crippen LogP contribution in [0.1, 0.15) is 18.4 Å². The van der Waals surface area contributed by atoms with Gasteiger partial charge in [0.25, 0.3) is 0 Å². The van der Waals surface area contributed by atoms with Gasteiger partial charge in [0.15, 0.2) is 11.6 Å². The van der Waals surface area contributed by atoms with Crippen LogP contribution in [0, 0.1) is 5.82 Å². The SMILES string of the molecule is COc1ccc(CCN(C)C2CCNCC2)cc1F. The predicted octanol–water partition coefficient (Wildman–Crippen LogP) is 2.06. The number of hydrogen-bond donors (Lipinski definition) is 1. The fourth-order valence-corrected chi connectivity index (χ4v) is 2.60. The average Bonchev–Trinajstić information content (AvgIpc) is 2.46. The molecule has 0 radical (unpaired) electrons. The molecule has 1 aromatic carbocycles. The molecule has 1 aliphatic heterocycles. The minimum absolute atomic E-state index is 0.274. The van der Waals surface area contributed by atoms with Gasteiger partial charge in [-0.3, -0.25) is 0 Å². The molecule has 4 heteroatoms. The minimum Gasteiger partial charge on any atom is -0.494 e. The molecule has 3 nitrogen and oxygen atoms in total. The first kappa shape index (κ1) is 14.3. The van der Waals surface area contributed by atoms with Gasteiger partial charge < -0.3 is 15.0 Å². The molecule has 0 spiro atoms. The quantitative estimate of drug-likeness (QED) is 0.883. The summed E-state index contributed by atoms with van der Waals surface area (Å²) < 4.78 is 18.5. The fourth-order valence-electron chi connectivity index (χ4n) is 2.60. The predicted molar refractivity (Wildman–Crippen MR) is 75.2 cm³/mol. The number of nitrogens with zero attached hydrogens (tertiary/aromatic N) is 1. The van der Waals surface area contributed by atoms with E-state index in [0.717, 1.165) is 31.6 Å². The zero-order chi connectivity index (χ0) is 13.7. The Morgan fingerprint density at radius 1 is 1.37 bits per heavy atom. The smallest absolute Gasteiger partial charge is 0.165 e. The van der Waals surface area contributed by atoms with E-state index in [1.807, 2.05) is 6.07 Å². The zero-order valence-electron chi connectivity index (χ0n) is 11.8. The first-order chi connectivity index (χ1) is 9.20. The van der Waals surface area contributed by atoms with E-state index >= 15 is 0 Å². The van der Waals surface area contributed by atoms with E-state index in [4.69, 9.17) is 4.74 Å². The first-order valence-corrected chi connectivity index (χ1v) is 6.94. The lowest BCUT2D eigenvalue weighted by Gasteiger charge is -2.31. The van der Waals surface area contributed by atoms with E-state index in [0.29, 0.717) is 11.8 Å². The topological polar surface area (TPSA) is 24.5 Å². The number of rotatable bonds is 5. The molecule has 1 aliphatic rings. The van der Waals surface area contributed by atoms with E-state index in [-0.39, 0.29) is 5.82 Å². The van der Waals surface area contributed by atoms with Crippen molar-refractivity contribution in [2.75, 3.05) is 33.8 Å². The second kappa shape index (κ2) is 6.87. The Hall–Kier alpha value is -1.13. The molecule has 0 saturated carbocycles. The molecule has 2 rings (SSSR count). The van der Waals surface area contributed by atoms with Crippen molar-refractivity contribution in [2.24, 2.45) is 0 Å². The third-order valence-corrected chi connectivity index (χ3v) is 3.90. The van der Waals surface area contributed by atoms with Crippen molar-refractivity contribution >= 4 is 0 Å². The van der Waals surface area contributed by atoms with Crippen LogP contribution in [-0.2, 0) is 6.42 Å². The van der Waals surface area contributed by atoms with Crippen LogP contribution >= 0.6 is 0 Å². The minimum atomic E-state index is -0.274. The molecule has 1 fully saturated rings. The highest BCUT2D eigenvalue weighted by Gasteiger charge is 2.17. The molecule has 1 heterocycles. The monoisotopic (exact) mass is 266 g/mol. The van der Waals surface area contributed by atoms with E-state index in [9.17, 15) is 4.39 Å². The Balaban J connectivity index is 1.85. The van der Waals surface area contributed by atoms with Crippen molar-refractivity contribution in [3.05, 3.63) is 29.6 Å². The lowest BCUT2D eigenvalue weighted by molar-refractivity contribution is 0.201. The first-order valence-electron chi connectivity index (χ1n) is 6.94. The summed E-state index contributed by atoms with van der Waals surface area (Å²) in [6, 6.07) is 5.88. The Morgan fingerprint density at radius 2 is 2.11 bits per heavy atom. The molecule has 0 aromatic heterocycles. The maximum atomic E-state index is 13.6. The summed E-state index contributed by atoms with van der Waals surface area (Å²) in [5.41, 5.74) is 1.03. The Kier molecular flexibility index (Phi) is 5.16. The number of methoxy groups -OCH3 is 1. The van der Waals surface area contributed by atoms with E-state index in [1.165, 1.54) is 20.0 Å². The summed E-state index contributed by atoms with van der Waals surface area (Å²) in [7, 11) is 3.65. The molecule has 19 heavy (non-hydrogen) atoms. The highest BCUT2D eigenvalue weighted by Crippen LogP contribution is 2.18. The number of piperidine rings is 1. The van der Waals surface area contributed by atoms with Gasteiger partial charge in [0.05, 0.1) is 7.11 Å². The molecule has 1 aromatic rings. The van der Waals surface area contributed by atoms with Gasteiger partial charge in [-0.25, -0.2) is 4.39 Å². The average molecular weight is 266 g/mol. The lowest BCUT2D eigenvalue weighted by Crippen LogP contribution is -2.41. The van der Waals surface area contributed by atoms with Crippen LogP contribution in [0.4, 0.5) is 4.39 Å². The van der Waals surface area contributed by atoms with Gasteiger partial charge >= 0.3 is 0 Å². The summed E-state index contributed by atoms with van der Waals surface area (Å²) in [5.74, 6) is 0.0416. The summed E-state index contributed by atoms with van der Waals surface area (Å²) >= 11 is 0. The zero-order valence-corrected chi connectivity index (χ0v) is 11.8. The molecule has 0 unspecified atom stereocenters. The van der Waals surface area contributed by atoms with Crippen LogP contribution in [0.15, 0.2) is 18.2 Å². The highest BCUT2D eigenvalue weighted by molar-refractivity contribution is 5.29. The van der Waals surface area contributed by atoms with Gasteiger partial charge in [0.2, 0.25) is 0 Å². The van der Waals surface area contributed by atoms with Gasteiger partial charge in [0, 0.05) is 12.6 Å². The second-order valence-electron chi connectivity index (χ2n) is 5.18. The Morgan fingerprint density at radius 3 is 2.74 bits per heavy atom. The molecular weight excluding hydrogens is 243 g/mol. The van der Waals surface area contributed by atoms with Crippen LogP contribution < -0.4 is 10.1 Å². The standard InChI is InChI=1S/C15H23FN2O/c1-18(13-5-8-17-9-6-13)10-7-12-3-4-15(19-2)14(16)11-12/h3-4,11,13,17H,5-10H2,1-2H3. The third-order valence-electron chi connectivity index (χ3n) is 3.90. The van der Waals surface area contributed by atoms with Crippen LogP contribution in [0.2, 0.25) is 0 Å². The highest BCUT2D eigenvalue weighted by atomic mass is 19.1. The Labute approximate surface area is 114 Å². The summed E-state index contributed by atoms with van der Waals surface area (Å²) in [6.45, 7) is 3.18. The van der Waals surface area contributed by atoms with Gasteiger partial charge in [-0.2, -0.15) is 0 Å². The maximum Gasteiger partial charge on any atom is 0.165 e. The lowest BCUT2D eigenvalue weighted by atomic mass is 10.0. The number of nitrogens with one attached hydrogen (secondary N) is 1. The third kappa shape index (κ3) is 3.91. The number of benzene rings is 1. The molecule has 1 saturated heterocycles. The fraction of sp³-hybridized carbons (Fsp3) is 0.600. The molecule has 0 amide bonds. The van der Waals surface area contributed by atoms with Crippen molar-refractivity contribution in [2.45, 2.75) is 25.3 Å². The molecule has 1 N–H and O–H groups in total. The number of halogens is 1. The number of hydrogen-bond acceptors (Lipinski definition) is 3. The number of ether oxygens (including phenoxy) is 1. The van der Waals surface area contributed by atoms with Gasteiger partial charge in [0.1, 0.15) is 0 Å². The van der Waals surface area contributed by atoms with Crippen molar-refractivity contribution in [1.29, 1.82) is 0 Å².